The molecule has 3 N–H and O–H groups in total. The number of oxime groups is 1. The third-order valence-corrected chi connectivity index (χ3v) is 3.13. The smallest absolute Gasteiger partial charge is 0.144 e. The average Bonchev–Trinajstić information content (AvgIpc) is 2.37. The van der Waals surface area contributed by atoms with Gasteiger partial charge in [0.25, 0.3) is 0 Å². The summed E-state index contributed by atoms with van der Waals surface area (Å²) in [6.45, 7) is 4.35. The standard InChI is InChI=1S/C14H23N3O2/c1-14(2,13(15)16-18)8-9-19-12-7-5-6-11(10-12)17(3)4/h5-7,10,18H,8-9H2,1-4H3,(H2,15,16). The molecule has 0 fully saturated rings. The van der Waals surface area contributed by atoms with Crippen molar-refractivity contribution in [3.8, 4) is 5.75 Å². The van der Waals surface area contributed by atoms with E-state index in [4.69, 9.17) is 15.7 Å². The first-order valence-electron chi connectivity index (χ1n) is 6.25. The fourth-order valence-electron chi connectivity index (χ4n) is 1.54. The Morgan fingerprint density at radius 3 is 2.68 bits per heavy atom. The van der Waals surface area contributed by atoms with Gasteiger partial charge in [-0.3, -0.25) is 0 Å². The molecule has 0 atom stereocenters. The minimum atomic E-state index is -0.381. The van der Waals surface area contributed by atoms with Crippen LogP contribution in [0.4, 0.5) is 5.69 Å². The Balaban J connectivity index is 2.56. The largest absolute Gasteiger partial charge is 0.493 e. The monoisotopic (exact) mass is 265 g/mol. The summed E-state index contributed by atoms with van der Waals surface area (Å²) in [5.74, 6) is 1.04. The van der Waals surface area contributed by atoms with E-state index in [0.717, 1.165) is 11.4 Å². The number of benzene rings is 1. The van der Waals surface area contributed by atoms with Crippen LogP contribution in [-0.4, -0.2) is 31.7 Å². The Labute approximate surface area is 114 Å². The van der Waals surface area contributed by atoms with Crippen LogP contribution in [0.5, 0.6) is 5.75 Å². The van der Waals surface area contributed by atoms with Crippen LogP contribution < -0.4 is 15.4 Å². The molecule has 0 aliphatic carbocycles. The molecule has 0 aliphatic heterocycles. The maximum absolute atomic E-state index is 8.70. The molecule has 5 heteroatoms. The Kier molecular flexibility index (Phi) is 5.03. The number of hydrogen-bond acceptors (Lipinski definition) is 4. The zero-order chi connectivity index (χ0) is 14.5. The van der Waals surface area contributed by atoms with Crippen molar-refractivity contribution >= 4 is 11.5 Å². The van der Waals surface area contributed by atoms with Gasteiger partial charge in [-0.15, -0.1) is 0 Å². The molecule has 0 aromatic heterocycles. The number of amidine groups is 1. The average molecular weight is 265 g/mol. The second-order valence-electron chi connectivity index (χ2n) is 5.36. The molecule has 19 heavy (non-hydrogen) atoms. The topological polar surface area (TPSA) is 71.1 Å². The molecule has 5 nitrogen and oxygen atoms in total. The van der Waals surface area contributed by atoms with E-state index in [0.29, 0.717) is 13.0 Å². The maximum atomic E-state index is 8.70. The summed E-state index contributed by atoms with van der Waals surface area (Å²) < 4.78 is 5.71. The van der Waals surface area contributed by atoms with Crippen molar-refractivity contribution in [1.82, 2.24) is 0 Å². The van der Waals surface area contributed by atoms with Gasteiger partial charge in [0, 0.05) is 31.3 Å². The molecule has 1 rings (SSSR count). The molecule has 0 radical (unpaired) electrons. The minimum absolute atomic E-state index is 0.221. The van der Waals surface area contributed by atoms with Crippen LogP contribution >= 0.6 is 0 Å². The molecule has 0 bridgehead atoms. The summed E-state index contributed by atoms with van der Waals surface area (Å²) in [6, 6.07) is 7.88. The summed E-state index contributed by atoms with van der Waals surface area (Å²) in [5, 5.41) is 11.8. The predicted molar refractivity (Wildman–Crippen MR) is 78.1 cm³/mol. The fraction of sp³-hybridized carbons (Fsp3) is 0.500. The van der Waals surface area contributed by atoms with Gasteiger partial charge in [0.1, 0.15) is 11.6 Å². The van der Waals surface area contributed by atoms with E-state index in [1.165, 1.54) is 0 Å². The number of nitrogens with two attached hydrogens (primary N) is 1. The van der Waals surface area contributed by atoms with Crippen molar-refractivity contribution < 1.29 is 9.94 Å². The van der Waals surface area contributed by atoms with E-state index in [9.17, 15) is 0 Å². The molecule has 0 spiro atoms. The minimum Gasteiger partial charge on any atom is -0.493 e. The first-order valence-corrected chi connectivity index (χ1v) is 6.25. The van der Waals surface area contributed by atoms with Gasteiger partial charge in [-0.1, -0.05) is 25.1 Å². The Bertz CT molecular complexity index is 442. The van der Waals surface area contributed by atoms with Gasteiger partial charge >= 0.3 is 0 Å². The van der Waals surface area contributed by atoms with Crippen LogP contribution in [-0.2, 0) is 0 Å². The highest BCUT2D eigenvalue weighted by Crippen LogP contribution is 2.23. The lowest BCUT2D eigenvalue weighted by Gasteiger charge is -2.22. The van der Waals surface area contributed by atoms with Gasteiger partial charge in [0.2, 0.25) is 0 Å². The van der Waals surface area contributed by atoms with Gasteiger partial charge < -0.3 is 20.6 Å². The molecule has 0 aliphatic rings. The Morgan fingerprint density at radius 1 is 1.42 bits per heavy atom. The van der Waals surface area contributed by atoms with Crippen molar-refractivity contribution in [2.45, 2.75) is 20.3 Å². The van der Waals surface area contributed by atoms with E-state index in [-0.39, 0.29) is 11.3 Å². The van der Waals surface area contributed by atoms with Crippen molar-refractivity contribution in [3.05, 3.63) is 24.3 Å². The molecule has 0 unspecified atom stereocenters. The lowest BCUT2D eigenvalue weighted by molar-refractivity contribution is 0.259. The van der Waals surface area contributed by atoms with E-state index in [1.54, 1.807) is 0 Å². The molecule has 0 saturated carbocycles. The second-order valence-corrected chi connectivity index (χ2v) is 5.36. The van der Waals surface area contributed by atoms with Gasteiger partial charge in [0.05, 0.1) is 6.61 Å². The van der Waals surface area contributed by atoms with Crippen LogP contribution in [0.15, 0.2) is 29.4 Å². The highest BCUT2D eigenvalue weighted by Gasteiger charge is 2.23. The van der Waals surface area contributed by atoms with Crippen molar-refractivity contribution in [2.75, 3.05) is 25.6 Å². The number of hydrogen-bond donors (Lipinski definition) is 2. The summed E-state index contributed by atoms with van der Waals surface area (Å²) in [7, 11) is 3.97. The normalized spacial score (nSPS) is 12.3. The molecule has 106 valence electrons. The van der Waals surface area contributed by atoms with Crippen LogP contribution in [0.1, 0.15) is 20.3 Å². The second kappa shape index (κ2) is 6.31. The molecule has 0 heterocycles. The number of anilines is 1. The van der Waals surface area contributed by atoms with Gasteiger partial charge in [-0.2, -0.15) is 0 Å². The zero-order valence-corrected chi connectivity index (χ0v) is 12.1. The highest BCUT2D eigenvalue weighted by atomic mass is 16.5. The van der Waals surface area contributed by atoms with Crippen molar-refractivity contribution in [1.29, 1.82) is 0 Å². The highest BCUT2D eigenvalue weighted by molar-refractivity contribution is 5.85. The first kappa shape index (κ1) is 15.1. The Hall–Kier alpha value is -1.91. The number of rotatable bonds is 6. The van der Waals surface area contributed by atoms with Crippen molar-refractivity contribution in [3.63, 3.8) is 0 Å². The zero-order valence-electron chi connectivity index (χ0n) is 12.1. The first-order chi connectivity index (χ1) is 8.86. The van der Waals surface area contributed by atoms with Crippen molar-refractivity contribution in [2.24, 2.45) is 16.3 Å². The molecule has 1 aromatic carbocycles. The van der Waals surface area contributed by atoms with Crippen LogP contribution in [0.3, 0.4) is 0 Å². The Morgan fingerprint density at radius 2 is 2.11 bits per heavy atom. The van der Waals surface area contributed by atoms with Gasteiger partial charge in [0.15, 0.2) is 0 Å². The molecule has 0 saturated heterocycles. The lowest BCUT2D eigenvalue weighted by Crippen LogP contribution is -2.33. The van der Waals surface area contributed by atoms with Gasteiger partial charge in [-0.25, -0.2) is 0 Å². The summed E-state index contributed by atoms with van der Waals surface area (Å²) >= 11 is 0. The lowest BCUT2D eigenvalue weighted by atomic mass is 9.88. The summed E-state index contributed by atoms with van der Waals surface area (Å²) in [5.41, 5.74) is 6.34. The van der Waals surface area contributed by atoms with Crippen LogP contribution in [0.2, 0.25) is 0 Å². The SMILES string of the molecule is CN(C)c1cccc(OCCC(C)(C)C(N)=NO)c1. The van der Waals surface area contributed by atoms with Crippen LogP contribution in [0.25, 0.3) is 0 Å². The summed E-state index contributed by atoms with van der Waals surface area (Å²) in [4.78, 5) is 2.02. The van der Waals surface area contributed by atoms with E-state index < -0.39 is 0 Å². The maximum Gasteiger partial charge on any atom is 0.144 e. The van der Waals surface area contributed by atoms with Gasteiger partial charge in [-0.05, 0) is 18.6 Å². The fourth-order valence-corrected chi connectivity index (χ4v) is 1.54. The molecular formula is C14H23N3O2. The molecular weight excluding hydrogens is 242 g/mol. The van der Waals surface area contributed by atoms with E-state index >= 15 is 0 Å². The number of nitrogens with zero attached hydrogens (tertiary/aromatic N) is 2. The number of ether oxygens (including phenoxy) is 1. The quantitative estimate of drug-likeness (QED) is 0.358. The van der Waals surface area contributed by atoms with E-state index in [2.05, 4.69) is 5.16 Å². The third-order valence-electron chi connectivity index (χ3n) is 3.13. The predicted octanol–water partition coefficient (Wildman–Crippen LogP) is 2.29. The molecule has 1 aromatic rings. The van der Waals surface area contributed by atoms with Crippen LogP contribution in [0, 0.1) is 5.41 Å². The molecule has 0 amide bonds. The summed E-state index contributed by atoms with van der Waals surface area (Å²) in [6.07, 6.45) is 0.676. The third kappa shape index (κ3) is 4.35. The van der Waals surface area contributed by atoms with E-state index in [1.807, 2.05) is 57.1 Å².